The van der Waals surface area contributed by atoms with Crippen LogP contribution in [0.5, 0.6) is 0 Å². The third-order valence-electron chi connectivity index (χ3n) is 3.51. The van der Waals surface area contributed by atoms with E-state index in [4.69, 9.17) is 4.74 Å². The molecule has 0 unspecified atom stereocenters. The van der Waals surface area contributed by atoms with Gasteiger partial charge < -0.3 is 4.74 Å². The number of ketones is 1. The summed E-state index contributed by atoms with van der Waals surface area (Å²) in [5.74, 6) is 0.254. The highest BCUT2D eigenvalue weighted by molar-refractivity contribution is 6.03. The minimum absolute atomic E-state index is 0.0524. The summed E-state index contributed by atoms with van der Waals surface area (Å²) in [5.41, 5.74) is -1.04. The van der Waals surface area contributed by atoms with E-state index in [0.717, 1.165) is 25.4 Å². The zero-order valence-corrected chi connectivity index (χ0v) is 12.0. The molecular formula is C14H25NO3. The molecular weight excluding hydrogens is 230 g/mol. The molecule has 0 amide bonds. The molecule has 0 bridgehead atoms. The Morgan fingerprint density at radius 1 is 1.33 bits per heavy atom. The lowest BCUT2D eigenvalue weighted by Crippen LogP contribution is -2.42. The number of esters is 1. The Hall–Kier alpha value is -0.900. The van der Waals surface area contributed by atoms with Gasteiger partial charge in [0, 0.05) is 6.54 Å². The maximum absolute atomic E-state index is 12.2. The molecule has 18 heavy (non-hydrogen) atoms. The summed E-state index contributed by atoms with van der Waals surface area (Å²) in [6.07, 6.45) is 3.57. The summed E-state index contributed by atoms with van der Waals surface area (Å²) in [6.45, 7) is 7.64. The SMILES string of the molecule is CCCN(CC(=O)C(C)(C)C(=O)OC)CC1CC1. The first kappa shape index (κ1) is 15.2. The van der Waals surface area contributed by atoms with Gasteiger partial charge in [0.25, 0.3) is 0 Å². The Morgan fingerprint density at radius 3 is 2.39 bits per heavy atom. The van der Waals surface area contributed by atoms with Crippen molar-refractivity contribution in [3.05, 3.63) is 0 Å². The van der Waals surface area contributed by atoms with Gasteiger partial charge in [0.2, 0.25) is 0 Å². The molecule has 1 rings (SSSR count). The Balaban J connectivity index is 2.55. The van der Waals surface area contributed by atoms with Gasteiger partial charge in [0.05, 0.1) is 13.7 Å². The number of rotatable bonds is 8. The first-order valence-corrected chi connectivity index (χ1v) is 6.75. The molecule has 0 aromatic rings. The highest BCUT2D eigenvalue weighted by Crippen LogP contribution is 2.30. The number of carbonyl (C=O) groups excluding carboxylic acids is 2. The number of carbonyl (C=O) groups is 2. The van der Waals surface area contributed by atoms with Gasteiger partial charge in [-0.3, -0.25) is 14.5 Å². The third kappa shape index (κ3) is 4.09. The largest absolute Gasteiger partial charge is 0.468 e. The van der Waals surface area contributed by atoms with Gasteiger partial charge in [-0.05, 0) is 45.6 Å². The lowest BCUT2D eigenvalue weighted by Gasteiger charge is -2.26. The number of Topliss-reactive ketones (excluding diaryl/α,β-unsaturated/α-hetero) is 1. The second kappa shape index (κ2) is 6.32. The molecule has 0 atom stereocenters. The number of nitrogens with zero attached hydrogens (tertiary/aromatic N) is 1. The molecule has 0 radical (unpaired) electrons. The standard InChI is InChI=1S/C14H25NO3/c1-5-8-15(9-11-6-7-11)10-12(16)14(2,3)13(17)18-4/h11H,5-10H2,1-4H3. The minimum atomic E-state index is -1.04. The average Bonchev–Trinajstić information content (AvgIpc) is 3.11. The Bertz CT molecular complexity index is 308. The molecule has 0 heterocycles. The predicted octanol–water partition coefficient (Wildman–Crippen LogP) is 1.88. The van der Waals surface area contributed by atoms with Crippen LogP contribution in [0.4, 0.5) is 0 Å². The second-order valence-electron chi connectivity index (χ2n) is 5.72. The Labute approximate surface area is 110 Å². The van der Waals surface area contributed by atoms with Crippen molar-refractivity contribution in [2.24, 2.45) is 11.3 Å². The lowest BCUT2D eigenvalue weighted by molar-refractivity contribution is -0.156. The van der Waals surface area contributed by atoms with E-state index in [2.05, 4.69) is 11.8 Å². The average molecular weight is 255 g/mol. The van der Waals surface area contributed by atoms with Gasteiger partial charge in [-0.2, -0.15) is 0 Å². The molecule has 104 valence electrons. The van der Waals surface area contributed by atoms with Crippen LogP contribution in [-0.2, 0) is 14.3 Å². The Morgan fingerprint density at radius 2 is 1.94 bits per heavy atom. The van der Waals surface area contributed by atoms with Crippen LogP contribution in [0.1, 0.15) is 40.0 Å². The molecule has 1 aliphatic rings. The van der Waals surface area contributed by atoms with E-state index in [0.29, 0.717) is 6.54 Å². The first-order chi connectivity index (χ1) is 8.41. The number of hydrogen-bond donors (Lipinski definition) is 0. The fourth-order valence-electron chi connectivity index (χ4n) is 1.99. The van der Waals surface area contributed by atoms with E-state index in [1.54, 1.807) is 13.8 Å². The molecule has 4 heteroatoms. The highest BCUT2D eigenvalue weighted by atomic mass is 16.5. The minimum Gasteiger partial charge on any atom is -0.468 e. The second-order valence-corrected chi connectivity index (χ2v) is 5.72. The lowest BCUT2D eigenvalue weighted by atomic mass is 9.88. The summed E-state index contributed by atoms with van der Waals surface area (Å²) < 4.78 is 4.69. The van der Waals surface area contributed by atoms with Crippen molar-refractivity contribution in [3.63, 3.8) is 0 Å². The fraction of sp³-hybridized carbons (Fsp3) is 0.857. The van der Waals surface area contributed by atoms with E-state index >= 15 is 0 Å². The smallest absolute Gasteiger partial charge is 0.318 e. The summed E-state index contributed by atoms with van der Waals surface area (Å²) in [4.78, 5) is 26.0. The maximum atomic E-state index is 12.2. The summed E-state index contributed by atoms with van der Waals surface area (Å²) in [5, 5.41) is 0. The predicted molar refractivity (Wildman–Crippen MR) is 70.3 cm³/mol. The molecule has 4 nitrogen and oxygen atoms in total. The van der Waals surface area contributed by atoms with E-state index in [1.165, 1.54) is 20.0 Å². The number of hydrogen-bond acceptors (Lipinski definition) is 4. The van der Waals surface area contributed by atoms with E-state index in [-0.39, 0.29) is 5.78 Å². The normalized spacial score (nSPS) is 15.8. The zero-order chi connectivity index (χ0) is 13.8. The van der Waals surface area contributed by atoms with Crippen LogP contribution in [0.15, 0.2) is 0 Å². The van der Waals surface area contributed by atoms with Gasteiger partial charge >= 0.3 is 5.97 Å². The fourth-order valence-corrected chi connectivity index (χ4v) is 1.99. The van der Waals surface area contributed by atoms with Crippen molar-refractivity contribution >= 4 is 11.8 Å². The molecule has 0 saturated heterocycles. The number of methoxy groups -OCH3 is 1. The van der Waals surface area contributed by atoms with Gasteiger partial charge in [0.15, 0.2) is 5.78 Å². The highest BCUT2D eigenvalue weighted by Gasteiger charge is 2.38. The van der Waals surface area contributed by atoms with Crippen LogP contribution < -0.4 is 0 Å². The molecule has 0 N–H and O–H groups in total. The van der Waals surface area contributed by atoms with Crippen molar-refractivity contribution < 1.29 is 14.3 Å². The van der Waals surface area contributed by atoms with Gasteiger partial charge in [-0.15, -0.1) is 0 Å². The van der Waals surface area contributed by atoms with E-state index < -0.39 is 11.4 Å². The van der Waals surface area contributed by atoms with E-state index in [9.17, 15) is 9.59 Å². The van der Waals surface area contributed by atoms with Crippen LogP contribution in [0.3, 0.4) is 0 Å². The van der Waals surface area contributed by atoms with Crippen molar-refractivity contribution in [3.8, 4) is 0 Å². The zero-order valence-electron chi connectivity index (χ0n) is 12.0. The van der Waals surface area contributed by atoms with Crippen LogP contribution in [0.2, 0.25) is 0 Å². The van der Waals surface area contributed by atoms with Crippen molar-refractivity contribution in [1.82, 2.24) is 4.90 Å². The summed E-state index contributed by atoms with van der Waals surface area (Å²) in [6, 6.07) is 0. The molecule has 1 fully saturated rings. The van der Waals surface area contributed by atoms with Crippen LogP contribution in [0, 0.1) is 11.3 Å². The first-order valence-electron chi connectivity index (χ1n) is 6.75. The molecule has 1 aliphatic carbocycles. The molecule has 1 saturated carbocycles. The molecule has 0 spiro atoms. The quantitative estimate of drug-likeness (QED) is 0.491. The van der Waals surface area contributed by atoms with Crippen molar-refractivity contribution in [2.75, 3.05) is 26.7 Å². The van der Waals surface area contributed by atoms with Gasteiger partial charge in [-0.25, -0.2) is 0 Å². The maximum Gasteiger partial charge on any atom is 0.318 e. The summed E-state index contributed by atoms with van der Waals surface area (Å²) >= 11 is 0. The van der Waals surface area contributed by atoms with Crippen molar-refractivity contribution in [1.29, 1.82) is 0 Å². The Kier molecular flexibility index (Phi) is 5.32. The molecule has 0 aromatic carbocycles. The van der Waals surface area contributed by atoms with Gasteiger partial charge in [-0.1, -0.05) is 6.92 Å². The molecule has 0 aromatic heterocycles. The topological polar surface area (TPSA) is 46.6 Å². The van der Waals surface area contributed by atoms with Gasteiger partial charge in [0.1, 0.15) is 5.41 Å². The molecule has 0 aliphatic heterocycles. The van der Waals surface area contributed by atoms with Crippen LogP contribution in [0.25, 0.3) is 0 Å². The number of ether oxygens (including phenoxy) is 1. The summed E-state index contributed by atoms with van der Waals surface area (Å²) in [7, 11) is 1.32. The van der Waals surface area contributed by atoms with Crippen molar-refractivity contribution in [2.45, 2.75) is 40.0 Å². The monoisotopic (exact) mass is 255 g/mol. The van der Waals surface area contributed by atoms with Crippen LogP contribution in [-0.4, -0.2) is 43.4 Å². The van der Waals surface area contributed by atoms with Crippen LogP contribution >= 0.6 is 0 Å². The van der Waals surface area contributed by atoms with E-state index in [1.807, 2.05) is 0 Å². The third-order valence-corrected chi connectivity index (χ3v) is 3.51.